The number of nitrogens with zero attached hydrogens (tertiary/aromatic N) is 3. The van der Waals surface area contributed by atoms with Gasteiger partial charge in [-0.05, 0) is 31.2 Å². The minimum atomic E-state index is -3.47. The lowest BCUT2D eigenvalue weighted by molar-refractivity contribution is -0.142. The van der Waals surface area contributed by atoms with E-state index in [-0.39, 0.29) is 24.9 Å². The third-order valence-corrected chi connectivity index (χ3v) is 6.92. The Kier molecular flexibility index (Phi) is 6.05. The number of hydrogen-bond donors (Lipinski definition) is 0. The van der Waals surface area contributed by atoms with Gasteiger partial charge in [0.1, 0.15) is 17.1 Å². The van der Waals surface area contributed by atoms with E-state index in [0.29, 0.717) is 31.8 Å². The van der Waals surface area contributed by atoms with Crippen LogP contribution in [0.25, 0.3) is 10.2 Å². The van der Waals surface area contributed by atoms with Crippen LogP contribution in [0.1, 0.15) is 26.2 Å². The van der Waals surface area contributed by atoms with Crippen LogP contribution < -0.4 is 4.74 Å². The number of thiophene rings is 1. The fraction of sp³-hybridized carbons (Fsp3) is 0.562. The molecule has 0 amide bonds. The van der Waals surface area contributed by atoms with Crippen molar-refractivity contribution in [2.45, 2.75) is 32.3 Å². The van der Waals surface area contributed by atoms with Gasteiger partial charge in [-0.25, -0.2) is 22.7 Å². The molecule has 0 radical (unpaired) electrons. The highest BCUT2D eigenvalue weighted by atomic mass is 32.2. The van der Waals surface area contributed by atoms with Crippen molar-refractivity contribution in [3.05, 3.63) is 17.8 Å². The van der Waals surface area contributed by atoms with Crippen molar-refractivity contribution < 1.29 is 22.7 Å². The van der Waals surface area contributed by atoms with Gasteiger partial charge in [0.25, 0.3) is 0 Å². The molecule has 0 aliphatic carbocycles. The molecule has 0 atom stereocenters. The van der Waals surface area contributed by atoms with Crippen molar-refractivity contribution in [2.75, 3.05) is 25.4 Å². The zero-order valence-corrected chi connectivity index (χ0v) is 16.1. The molecule has 0 saturated carbocycles. The van der Waals surface area contributed by atoms with E-state index in [1.807, 2.05) is 11.4 Å². The van der Waals surface area contributed by atoms with Crippen LogP contribution in [-0.2, 0) is 19.6 Å². The van der Waals surface area contributed by atoms with Crippen LogP contribution in [0.5, 0.6) is 5.88 Å². The first-order valence-electron chi connectivity index (χ1n) is 8.48. The lowest BCUT2D eigenvalue weighted by Gasteiger charge is -2.31. The minimum Gasteiger partial charge on any atom is -0.473 e. The Morgan fingerprint density at radius 1 is 1.35 bits per heavy atom. The van der Waals surface area contributed by atoms with Crippen molar-refractivity contribution in [2.24, 2.45) is 0 Å². The number of rotatable bonds is 7. The van der Waals surface area contributed by atoms with Gasteiger partial charge in [0.05, 0.1) is 24.3 Å². The van der Waals surface area contributed by atoms with Crippen LogP contribution >= 0.6 is 11.3 Å². The summed E-state index contributed by atoms with van der Waals surface area (Å²) in [6.45, 7) is 2.68. The van der Waals surface area contributed by atoms with Crippen molar-refractivity contribution in [3.8, 4) is 5.88 Å². The number of esters is 1. The molecule has 2 aromatic heterocycles. The summed E-state index contributed by atoms with van der Waals surface area (Å²) in [5.41, 5.74) is 0.846. The summed E-state index contributed by atoms with van der Waals surface area (Å²) in [5, 5.41) is 1.94. The number of hydrogen-bond acceptors (Lipinski definition) is 8. The molecule has 10 heteroatoms. The van der Waals surface area contributed by atoms with Gasteiger partial charge in [-0.1, -0.05) is 0 Å². The average molecular weight is 399 g/mol. The molecule has 26 heavy (non-hydrogen) atoms. The Bertz CT molecular complexity index is 860. The summed E-state index contributed by atoms with van der Waals surface area (Å²) < 4.78 is 37.8. The molecule has 1 saturated heterocycles. The fourth-order valence-electron chi connectivity index (χ4n) is 2.81. The lowest BCUT2D eigenvalue weighted by Crippen LogP contribution is -2.43. The molecule has 3 heterocycles. The largest absolute Gasteiger partial charge is 0.473 e. The SMILES string of the molecule is CCOC(=O)CCS(=O)(=O)N1CCC(Oc2ncnc3ccsc23)CC1. The van der Waals surface area contributed by atoms with Crippen LogP contribution in [0.2, 0.25) is 0 Å². The monoisotopic (exact) mass is 399 g/mol. The molecule has 0 spiro atoms. The van der Waals surface area contributed by atoms with E-state index in [9.17, 15) is 13.2 Å². The number of fused-ring (bicyclic) bond motifs is 1. The molecule has 3 rings (SSSR count). The van der Waals surface area contributed by atoms with Gasteiger partial charge in [-0.2, -0.15) is 0 Å². The lowest BCUT2D eigenvalue weighted by atomic mass is 10.1. The van der Waals surface area contributed by atoms with E-state index >= 15 is 0 Å². The molecular formula is C16H21N3O5S2. The topological polar surface area (TPSA) is 98.7 Å². The summed E-state index contributed by atoms with van der Waals surface area (Å²) in [5.74, 6) is -0.161. The number of sulfonamides is 1. The maximum Gasteiger partial charge on any atom is 0.306 e. The van der Waals surface area contributed by atoms with Crippen LogP contribution in [0.15, 0.2) is 17.8 Å². The summed E-state index contributed by atoms with van der Waals surface area (Å²) in [6, 6.07) is 1.91. The maximum absolute atomic E-state index is 12.4. The Labute approximate surface area is 156 Å². The predicted molar refractivity (Wildman–Crippen MR) is 97.7 cm³/mol. The molecule has 0 N–H and O–H groups in total. The Morgan fingerprint density at radius 3 is 2.85 bits per heavy atom. The van der Waals surface area contributed by atoms with Crippen LogP contribution in [0.4, 0.5) is 0 Å². The summed E-state index contributed by atoms with van der Waals surface area (Å²) in [6.07, 6.45) is 2.42. The maximum atomic E-state index is 12.4. The number of ether oxygens (including phenoxy) is 2. The zero-order chi connectivity index (χ0) is 18.6. The predicted octanol–water partition coefficient (Wildman–Crippen LogP) is 1.82. The van der Waals surface area contributed by atoms with Crippen molar-refractivity contribution in [3.63, 3.8) is 0 Å². The minimum absolute atomic E-state index is 0.0910. The number of aromatic nitrogens is 2. The van der Waals surface area contributed by atoms with E-state index in [0.717, 1.165) is 10.2 Å². The van der Waals surface area contributed by atoms with Crippen molar-refractivity contribution in [1.82, 2.24) is 14.3 Å². The first-order valence-corrected chi connectivity index (χ1v) is 11.0. The second-order valence-corrected chi connectivity index (χ2v) is 8.91. The first-order chi connectivity index (χ1) is 12.5. The van der Waals surface area contributed by atoms with Gasteiger partial charge in [0.2, 0.25) is 15.9 Å². The smallest absolute Gasteiger partial charge is 0.306 e. The second-order valence-electron chi connectivity index (χ2n) is 5.90. The third-order valence-electron chi connectivity index (χ3n) is 4.15. The molecule has 8 nitrogen and oxygen atoms in total. The van der Waals surface area contributed by atoms with Gasteiger partial charge < -0.3 is 9.47 Å². The first kappa shape index (κ1) is 19.0. The number of piperidine rings is 1. The van der Waals surface area contributed by atoms with Gasteiger partial charge in [0, 0.05) is 13.1 Å². The Morgan fingerprint density at radius 2 is 2.12 bits per heavy atom. The molecule has 0 bridgehead atoms. The van der Waals surface area contributed by atoms with E-state index < -0.39 is 16.0 Å². The van der Waals surface area contributed by atoms with E-state index in [1.54, 1.807) is 6.92 Å². The van der Waals surface area contributed by atoms with Crippen molar-refractivity contribution >= 4 is 37.5 Å². The third kappa shape index (κ3) is 4.49. The summed E-state index contributed by atoms with van der Waals surface area (Å²) in [4.78, 5) is 19.8. The summed E-state index contributed by atoms with van der Waals surface area (Å²) >= 11 is 1.52. The van der Waals surface area contributed by atoms with Gasteiger partial charge >= 0.3 is 5.97 Å². The fourth-order valence-corrected chi connectivity index (χ4v) is 5.04. The van der Waals surface area contributed by atoms with E-state index in [1.165, 1.54) is 22.0 Å². The van der Waals surface area contributed by atoms with Gasteiger partial charge in [-0.3, -0.25) is 4.79 Å². The standard InChI is InChI=1S/C16H21N3O5S2/c1-2-23-14(20)6-10-26(21,22)19-7-3-12(4-8-19)24-16-15-13(5-9-25-15)17-11-18-16/h5,9,11-12H,2-4,6-8,10H2,1H3. The Balaban J connectivity index is 1.54. The van der Waals surface area contributed by atoms with Crippen molar-refractivity contribution in [1.29, 1.82) is 0 Å². The van der Waals surface area contributed by atoms with E-state index in [2.05, 4.69) is 9.97 Å². The highest BCUT2D eigenvalue weighted by molar-refractivity contribution is 7.89. The van der Waals surface area contributed by atoms with E-state index in [4.69, 9.17) is 9.47 Å². The quantitative estimate of drug-likeness (QED) is 0.655. The van der Waals surface area contributed by atoms with Gasteiger partial charge in [0.15, 0.2) is 0 Å². The molecular weight excluding hydrogens is 378 g/mol. The molecule has 1 aliphatic heterocycles. The highest BCUT2D eigenvalue weighted by Crippen LogP contribution is 2.29. The normalized spacial score (nSPS) is 16.7. The molecule has 0 aromatic carbocycles. The average Bonchev–Trinajstić information content (AvgIpc) is 3.11. The molecule has 2 aromatic rings. The van der Waals surface area contributed by atoms with Crippen LogP contribution in [-0.4, -0.2) is 60.2 Å². The highest BCUT2D eigenvalue weighted by Gasteiger charge is 2.29. The number of carbonyl (C=O) groups is 1. The van der Waals surface area contributed by atoms with Gasteiger partial charge in [-0.15, -0.1) is 11.3 Å². The zero-order valence-electron chi connectivity index (χ0n) is 14.5. The molecule has 1 fully saturated rings. The molecule has 1 aliphatic rings. The van der Waals surface area contributed by atoms with Crippen LogP contribution in [0.3, 0.4) is 0 Å². The summed E-state index contributed by atoms with van der Waals surface area (Å²) in [7, 11) is -3.47. The Hall–Kier alpha value is -1.78. The number of carbonyl (C=O) groups excluding carboxylic acids is 1. The second kappa shape index (κ2) is 8.28. The molecule has 0 unspecified atom stereocenters. The molecule has 142 valence electrons. The van der Waals surface area contributed by atoms with Crippen LogP contribution in [0, 0.1) is 0 Å².